The number of carbonyl (C=O) groups excluding carboxylic acids is 1. The van der Waals surface area contributed by atoms with Gasteiger partial charge in [0.15, 0.2) is 11.4 Å². The van der Waals surface area contributed by atoms with Crippen LogP contribution in [-0.4, -0.2) is 38.5 Å². The molecule has 9 heteroatoms. The van der Waals surface area contributed by atoms with Gasteiger partial charge in [-0.15, -0.1) is 0 Å². The number of hydrogen-bond donors (Lipinski definition) is 3. The predicted molar refractivity (Wildman–Crippen MR) is 110 cm³/mol. The first-order valence-electron chi connectivity index (χ1n) is 8.71. The Balaban J connectivity index is 1.55. The topological polar surface area (TPSA) is 100 Å². The SMILES string of the molecule is O=Cc1cc(Nc2nc3ccc(Br)cc3s2)nc(N[C@H]2CC[C@H](O)CC2)n1. The van der Waals surface area contributed by atoms with Crippen LogP contribution in [-0.2, 0) is 0 Å². The van der Waals surface area contributed by atoms with Gasteiger partial charge in [-0.3, -0.25) is 4.79 Å². The largest absolute Gasteiger partial charge is 0.393 e. The molecule has 3 N–H and O–H groups in total. The number of hydrogen-bond acceptors (Lipinski definition) is 8. The Morgan fingerprint density at radius 2 is 1.96 bits per heavy atom. The molecule has 2 heterocycles. The molecule has 3 aromatic rings. The second-order valence-corrected chi connectivity index (χ2v) is 8.47. The highest BCUT2D eigenvalue weighted by atomic mass is 79.9. The number of nitrogens with zero attached hydrogens (tertiary/aromatic N) is 3. The van der Waals surface area contributed by atoms with Gasteiger partial charge in [0.2, 0.25) is 5.95 Å². The Labute approximate surface area is 168 Å². The average Bonchev–Trinajstić information content (AvgIpc) is 3.04. The monoisotopic (exact) mass is 447 g/mol. The van der Waals surface area contributed by atoms with Crippen LogP contribution >= 0.6 is 27.3 Å². The van der Waals surface area contributed by atoms with Gasteiger partial charge in [0.05, 0.1) is 16.3 Å². The van der Waals surface area contributed by atoms with Crippen LogP contribution in [0, 0.1) is 0 Å². The van der Waals surface area contributed by atoms with Gasteiger partial charge in [0.1, 0.15) is 11.5 Å². The minimum absolute atomic E-state index is 0.197. The summed E-state index contributed by atoms with van der Waals surface area (Å²) in [5, 5.41) is 16.8. The number of carbonyl (C=O) groups is 1. The third-order valence-electron chi connectivity index (χ3n) is 4.48. The summed E-state index contributed by atoms with van der Waals surface area (Å²) in [4.78, 5) is 24.6. The molecule has 4 rings (SSSR count). The molecule has 0 amide bonds. The molecule has 1 saturated carbocycles. The van der Waals surface area contributed by atoms with Crippen molar-refractivity contribution in [3.05, 3.63) is 34.4 Å². The first-order chi connectivity index (χ1) is 13.1. The molecule has 0 bridgehead atoms. The minimum Gasteiger partial charge on any atom is -0.393 e. The van der Waals surface area contributed by atoms with E-state index < -0.39 is 0 Å². The third kappa shape index (κ3) is 4.42. The van der Waals surface area contributed by atoms with E-state index in [-0.39, 0.29) is 12.1 Å². The van der Waals surface area contributed by atoms with E-state index >= 15 is 0 Å². The highest BCUT2D eigenvalue weighted by Crippen LogP contribution is 2.30. The van der Waals surface area contributed by atoms with E-state index in [1.807, 2.05) is 18.2 Å². The van der Waals surface area contributed by atoms with Crippen LogP contribution in [0.4, 0.5) is 16.9 Å². The van der Waals surface area contributed by atoms with E-state index in [1.165, 1.54) is 11.3 Å². The van der Waals surface area contributed by atoms with Crippen LogP contribution in [0.15, 0.2) is 28.7 Å². The van der Waals surface area contributed by atoms with E-state index in [9.17, 15) is 9.90 Å². The van der Waals surface area contributed by atoms with Gasteiger partial charge in [-0.25, -0.2) is 9.97 Å². The molecule has 1 aliphatic rings. The van der Waals surface area contributed by atoms with Crippen molar-refractivity contribution in [2.45, 2.75) is 37.8 Å². The summed E-state index contributed by atoms with van der Waals surface area (Å²) < 4.78 is 2.05. The quantitative estimate of drug-likeness (QED) is 0.505. The molecule has 0 radical (unpaired) electrons. The number of halogens is 1. The van der Waals surface area contributed by atoms with E-state index in [0.717, 1.165) is 40.4 Å². The number of aldehydes is 1. The van der Waals surface area contributed by atoms with Crippen LogP contribution in [0.1, 0.15) is 36.2 Å². The van der Waals surface area contributed by atoms with E-state index in [1.54, 1.807) is 6.07 Å². The molecule has 27 heavy (non-hydrogen) atoms. The highest BCUT2D eigenvalue weighted by Gasteiger charge is 2.20. The minimum atomic E-state index is -0.221. The fraction of sp³-hybridized carbons (Fsp3) is 0.333. The van der Waals surface area contributed by atoms with Gasteiger partial charge in [0.25, 0.3) is 0 Å². The van der Waals surface area contributed by atoms with Gasteiger partial charge in [-0.05, 0) is 43.9 Å². The van der Waals surface area contributed by atoms with Crippen LogP contribution in [0.25, 0.3) is 10.2 Å². The second-order valence-electron chi connectivity index (χ2n) is 6.53. The number of aromatic nitrogens is 3. The molecule has 140 valence electrons. The van der Waals surface area contributed by atoms with E-state index in [0.29, 0.717) is 28.9 Å². The Morgan fingerprint density at radius 1 is 1.15 bits per heavy atom. The Kier molecular flexibility index (Phi) is 5.33. The zero-order chi connectivity index (χ0) is 18.8. The van der Waals surface area contributed by atoms with Crippen LogP contribution < -0.4 is 10.6 Å². The second kappa shape index (κ2) is 7.87. The van der Waals surface area contributed by atoms with Crippen molar-refractivity contribution in [2.24, 2.45) is 0 Å². The van der Waals surface area contributed by atoms with Gasteiger partial charge >= 0.3 is 0 Å². The van der Waals surface area contributed by atoms with Crippen molar-refractivity contribution in [1.82, 2.24) is 15.0 Å². The van der Waals surface area contributed by atoms with Gasteiger partial charge in [0, 0.05) is 16.6 Å². The summed E-state index contributed by atoms with van der Waals surface area (Å²) in [6.45, 7) is 0. The Morgan fingerprint density at radius 3 is 2.74 bits per heavy atom. The number of anilines is 3. The average molecular weight is 448 g/mol. The van der Waals surface area contributed by atoms with Crippen molar-refractivity contribution in [2.75, 3.05) is 10.6 Å². The predicted octanol–water partition coefficient (Wildman–Crippen LogP) is 4.12. The van der Waals surface area contributed by atoms with Gasteiger partial charge in [-0.1, -0.05) is 27.3 Å². The fourth-order valence-electron chi connectivity index (χ4n) is 3.12. The number of rotatable bonds is 5. The van der Waals surface area contributed by atoms with E-state index in [2.05, 4.69) is 41.5 Å². The summed E-state index contributed by atoms with van der Waals surface area (Å²) >= 11 is 4.98. The molecule has 0 atom stereocenters. The molecule has 0 spiro atoms. The lowest BCUT2D eigenvalue weighted by Crippen LogP contribution is -2.29. The maximum Gasteiger partial charge on any atom is 0.225 e. The summed E-state index contributed by atoms with van der Waals surface area (Å²) in [5.41, 5.74) is 1.20. The molecule has 0 saturated heterocycles. The van der Waals surface area contributed by atoms with Crippen LogP contribution in [0.5, 0.6) is 0 Å². The number of benzene rings is 1. The molecule has 1 aromatic carbocycles. The van der Waals surface area contributed by atoms with Crippen molar-refractivity contribution in [3.63, 3.8) is 0 Å². The molecule has 7 nitrogen and oxygen atoms in total. The van der Waals surface area contributed by atoms with Crippen LogP contribution in [0.2, 0.25) is 0 Å². The summed E-state index contributed by atoms with van der Waals surface area (Å²) in [7, 11) is 0. The Bertz CT molecular complexity index is 972. The third-order valence-corrected chi connectivity index (χ3v) is 5.91. The smallest absolute Gasteiger partial charge is 0.225 e. The first kappa shape index (κ1) is 18.3. The highest BCUT2D eigenvalue weighted by molar-refractivity contribution is 9.10. The van der Waals surface area contributed by atoms with Crippen molar-refractivity contribution < 1.29 is 9.90 Å². The van der Waals surface area contributed by atoms with Crippen molar-refractivity contribution in [3.8, 4) is 0 Å². The number of fused-ring (bicyclic) bond motifs is 1. The standard InChI is InChI=1S/C18H18BrN5O2S/c19-10-1-6-14-15(7-10)27-18(22-14)24-16-8-12(9-25)21-17(23-16)20-11-2-4-13(26)5-3-11/h1,6-9,11,13,26H,2-5H2,(H2,20,21,22,23,24)/t11-,13-. The lowest BCUT2D eigenvalue weighted by molar-refractivity contribution is 0.111. The zero-order valence-electron chi connectivity index (χ0n) is 14.4. The molecular weight excluding hydrogens is 430 g/mol. The number of aliphatic hydroxyl groups is 1. The normalized spacial score (nSPS) is 19.8. The van der Waals surface area contributed by atoms with Crippen LogP contribution in [0.3, 0.4) is 0 Å². The fourth-order valence-corrected chi connectivity index (χ4v) is 4.54. The molecule has 1 fully saturated rings. The van der Waals surface area contributed by atoms with Crippen molar-refractivity contribution >= 4 is 60.7 Å². The lowest BCUT2D eigenvalue weighted by atomic mass is 9.93. The number of thiazole rings is 1. The Hall–Kier alpha value is -2.10. The summed E-state index contributed by atoms with van der Waals surface area (Å²) in [5.74, 6) is 0.927. The van der Waals surface area contributed by atoms with Gasteiger partial charge in [-0.2, -0.15) is 4.98 Å². The maximum atomic E-state index is 11.3. The number of nitrogens with one attached hydrogen (secondary N) is 2. The summed E-state index contributed by atoms with van der Waals surface area (Å²) in [6, 6.07) is 7.71. The first-order valence-corrected chi connectivity index (χ1v) is 10.3. The summed E-state index contributed by atoms with van der Waals surface area (Å²) in [6.07, 6.45) is 3.71. The van der Waals surface area contributed by atoms with Crippen molar-refractivity contribution in [1.29, 1.82) is 0 Å². The van der Waals surface area contributed by atoms with Gasteiger partial charge < -0.3 is 15.7 Å². The maximum absolute atomic E-state index is 11.3. The number of aliphatic hydroxyl groups excluding tert-OH is 1. The molecule has 2 aromatic heterocycles. The molecule has 1 aliphatic carbocycles. The van der Waals surface area contributed by atoms with E-state index in [4.69, 9.17) is 0 Å². The lowest BCUT2D eigenvalue weighted by Gasteiger charge is -2.26. The molecular formula is C18H18BrN5O2S. The molecule has 0 aliphatic heterocycles. The zero-order valence-corrected chi connectivity index (χ0v) is 16.8. The molecule has 0 unspecified atom stereocenters.